The van der Waals surface area contributed by atoms with E-state index in [1.165, 1.54) is 28.0 Å². The Morgan fingerprint density at radius 1 is 0.708 bits per heavy atom. The van der Waals surface area contributed by atoms with Gasteiger partial charge < -0.3 is 9.80 Å². The highest BCUT2D eigenvalue weighted by atomic mass is 35.5. The van der Waals surface area contributed by atoms with Crippen molar-refractivity contribution >= 4 is 34.1 Å². The molecule has 0 saturated carbocycles. The topological polar surface area (TPSA) is 6.48 Å². The molecular formula is C21H23ClN2. The van der Waals surface area contributed by atoms with Crippen molar-refractivity contribution < 1.29 is 0 Å². The van der Waals surface area contributed by atoms with Gasteiger partial charge in [-0.3, -0.25) is 0 Å². The molecule has 1 aliphatic rings. The van der Waals surface area contributed by atoms with E-state index in [9.17, 15) is 0 Å². The van der Waals surface area contributed by atoms with E-state index >= 15 is 0 Å². The van der Waals surface area contributed by atoms with Crippen molar-refractivity contribution in [3.63, 3.8) is 0 Å². The Kier molecular flexibility index (Phi) is 4.42. The van der Waals surface area contributed by atoms with Crippen LogP contribution in [-0.2, 0) is 0 Å². The SMILES string of the molecule is Cc1cc(N(C)C)ccc1C1=CC(c2ccc(N(C)C)cc2Cl)=C1. The Morgan fingerprint density at radius 2 is 1.21 bits per heavy atom. The van der Waals surface area contributed by atoms with Gasteiger partial charge in [-0.25, -0.2) is 0 Å². The summed E-state index contributed by atoms with van der Waals surface area (Å²) in [6.07, 6.45) is 4.43. The van der Waals surface area contributed by atoms with Crippen LogP contribution in [0.3, 0.4) is 0 Å². The third kappa shape index (κ3) is 3.07. The minimum atomic E-state index is 0.794. The number of hydrogen-bond donors (Lipinski definition) is 0. The zero-order chi connectivity index (χ0) is 17.4. The number of allylic oxidation sites excluding steroid dienone is 4. The van der Waals surface area contributed by atoms with Crippen LogP contribution >= 0.6 is 11.6 Å². The van der Waals surface area contributed by atoms with E-state index in [-0.39, 0.29) is 0 Å². The molecule has 0 unspecified atom stereocenters. The van der Waals surface area contributed by atoms with E-state index in [2.05, 4.69) is 73.3 Å². The van der Waals surface area contributed by atoms with Crippen LogP contribution in [0.4, 0.5) is 11.4 Å². The molecule has 0 aromatic heterocycles. The molecule has 1 aliphatic carbocycles. The number of hydrogen-bond acceptors (Lipinski definition) is 2. The summed E-state index contributed by atoms with van der Waals surface area (Å²) < 4.78 is 0. The van der Waals surface area contributed by atoms with Gasteiger partial charge in [0.05, 0.1) is 5.02 Å². The predicted octanol–water partition coefficient (Wildman–Crippen LogP) is 5.26. The Labute approximate surface area is 149 Å². The van der Waals surface area contributed by atoms with Gasteiger partial charge in [0.1, 0.15) is 0 Å². The summed E-state index contributed by atoms with van der Waals surface area (Å²) in [5, 5.41) is 0.794. The Balaban J connectivity index is 1.83. The molecule has 24 heavy (non-hydrogen) atoms. The van der Waals surface area contributed by atoms with Gasteiger partial charge in [-0.15, -0.1) is 0 Å². The van der Waals surface area contributed by atoms with Crippen molar-refractivity contribution in [3.05, 3.63) is 70.3 Å². The quantitative estimate of drug-likeness (QED) is 0.750. The van der Waals surface area contributed by atoms with Crippen LogP contribution < -0.4 is 9.80 Å². The molecule has 3 heteroatoms. The smallest absolute Gasteiger partial charge is 0.0505 e. The fourth-order valence-electron chi connectivity index (χ4n) is 2.90. The first-order valence-corrected chi connectivity index (χ1v) is 8.43. The molecule has 3 rings (SSSR count). The largest absolute Gasteiger partial charge is 0.378 e. The van der Waals surface area contributed by atoms with E-state index in [1.54, 1.807) is 0 Å². The second-order valence-electron chi connectivity index (χ2n) is 6.65. The highest BCUT2D eigenvalue weighted by Crippen LogP contribution is 2.39. The molecule has 2 aromatic carbocycles. The Bertz CT molecular complexity index is 768. The van der Waals surface area contributed by atoms with E-state index in [4.69, 9.17) is 11.6 Å². The lowest BCUT2D eigenvalue weighted by molar-refractivity contribution is 1.13. The van der Waals surface area contributed by atoms with Crippen molar-refractivity contribution in [1.29, 1.82) is 0 Å². The molecule has 2 aromatic rings. The van der Waals surface area contributed by atoms with Crippen LogP contribution in [0, 0.1) is 6.92 Å². The van der Waals surface area contributed by atoms with Gasteiger partial charge in [0.15, 0.2) is 0 Å². The highest BCUT2D eigenvalue weighted by Gasteiger charge is 2.16. The van der Waals surface area contributed by atoms with Crippen LogP contribution in [0.2, 0.25) is 5.02 Å². The number of halogens is 1. The molecule has 0 saturated heterocycles. The summed E-state index contributed by atoms with van der Waals surface area (Å²) in [4.78, 5) is 4.18. The van der Waals surface area contributed by atoms with E-state index < -0.39 is 0 Å². The van der Waals surface area contributed by atoms with Gasteiger partial charge in [-0.1, -0.05) is 23.7 Å². The second-order valence-corrected chi connectivity index (χ2v) is 7.06. The van der Waals surface area contributed by atoms with Gasteiger partial charge in [0.2, 0.25) is 0 Å². The van der Waals surface area contributed by atoms with Gasteiger partial charge in [0, 0.05) is 45.1 Å². The third-order valence-corrected chi connectivity index (χ3v) is 4.75. The maximum atomic E-state index is 6.46. The zero-order valence-corrected chi connectivity index (χ0v) is 15.6. The molecule has 0 atom stereocenters. The van der Waals surface area contributed by atoms with Crippen LogP contribution in [-0.4, -0.2) is 28.2 Å². The van der Waals surface area contributed by atoms with Crippen molar-refractivity contribution in [3.8, 4) is 0 Å². The lowest BCUT2D eigenvalue weighted by atomic mass is 9.87. The van der Waals surface area contributed by atoms with Crippen LogP contribution in [0.15, 0.2) is 48.6 Å². The van der Waals surface area contributed by atoms with Gasteiger partial charge in [-0.05, 0) is 65.6 Å². The molecule has 0 N–H and O–H groups in total. The first-order chi connectivity index (χ1) is 11.4. The van der Waals surface area contributed by atoms with Gasteiger partial charge >= 0.3 is 0 Å². The average molecular weight is 339 g/mol. The molecule has 0 heterocycles. The summed E-state index contributed by atoms with van der Waals surface area (Å²) >= 11 is 6.46. The molecule has 0 spiro atoms. The number of benzene rings is 2. The molecule has 0 fully saturated rings. The third-order valence-electron chi connectivity index (χ3n) is 4.44. The normalized spacial score (nSPS) is 13.1. The summed E-state index contributed by atoms with van der Waals surface area (Å²) in [6.45, 7) is 2.16. The number of nitrogens with zero attached hydrogens (tertiary/aromatic N) is 2. The van der Waals surface area contributed by atoms with E-state index in [1.807, 2.05) is 20.2 Å². The Hall–Kier alpha value is -2.19. The van der Waals surface area contributed by atoms with E-state index in [0.29, 0.717) is 0 Å². The predicted molar refractivity (Wildman–Crippen MR) is 107 cm³/mol. The fraction of sp³-hybridized carbons (Fsp3) is 0.238. The number of aryl methyl sites for hydroxylation is 1. The summed E-state index contributed by atoms with van der Waals surface area (Å²) in [5.74, 6) is 0. The fourth-order valence-corrected chi connectivity index (χ4v) is 3.18. The van der Waals surface area contributed by atoms with Crippen molar-refractivity contribution in [2.75, 3.05) is 38.0 Å². The summed E-state index contributed by atoms with van der Waals surface area (Å²) in [5.41, 5.74) is 8.46. The standard InChI is InChI=1S/C21H23ClN2/c1-14-10-17(23(2)3)6-8-19(14)15-11-16(12-15)20-9-7-18(24(4)5)13-21(20)22/h6-13H,1-5H3. The molecule has 0 amide bonds. The summed E-state index contributed by atoms with van der Waals surface area (Å²) in [7, 11) is 8.17. The molecule has 124 valence electrons. The molecule has 0 aliphatic heterocycles. The maximum Gasteiger partial charge on any atom is 0.0505 e. The zero-order valence-electron chi connectivity index (χ0n) is 14.9. The first kappa shape index (κ1) is 16.7. The second kappa shape index (κ2) is 6.37. The summed E-state index contributed by atoms with van der Waals surface area (Å²) in [6, 6.07) is 12.8. The van der Waals surface area contributed by atoms with Gasteiger partial charge in [0.25, 0.3) is 0 Å². The molecule has 2 nitrogen and oxygen atoms in total. The van der Waals surface area contributed by atoms with Crippen LogP contribution in [0.25, 0.3) is 11.1 Å². The van der Waals surface area contributed by atoms with Crippen molar-refractivity contribution in [2.24, 2.45) is 0 Å². The highest BCUT2D eigenvalue weighted by molar-refractivity contribution is 6.33. The lowest BCUT2D eigenvalue weighted by Gasteiger charge is -2.21. The number of anilines is 2. The molecular weight excluding hydrogens is 316 g/mol. The number of rotatable bonds is 4. The maximum absolute atomic E-state index is 6.46. The Morgan fingerprint density at radius 3 is 1.71 bits per heavy atom. The first-order valence-electron chi connectivity index (χ1n) is 8.06. The van der Waals surface area contributed by atoms with E-state index in [0.717, 1.165) is 16.3 Å². The monoisotopic (exact) mass is 338 g/mol. The minimum absolute atomic E-state index is 0.794. The molecule has 0 radical (unpaired) electrons. The minimum Gasteiger partial charge on any atom is -0.378 e. The lowest BCUT2D eigenvalue weighted by Crippen LogP contribution is -2.09. The van der Waals surface area contributed by atoms with Crippen molar-refractivity contribution in [2.45, 2.75) is 6.92 Å². The van der Waals surface area contributed by atoms with Gasteiger partial charge in [-0.2, -0.15) is 0 Å². The molecule has 0 bridgehead atoms. The van der Waals surface area contributed by atoms with Crippen LogP contribution in [0.5, 0.6) is 0 Å². The van der Waals surface area contributed by atoms with Crippen LogP contribution in [0.1, 0.15) is 16.7 Å². The average Bonchev–Trinajstić information content (AvgIpc) is 2.48. The van der Waals surface area contributed by atoms with Crippen molar-refractivity contribution in [1.82, 2.24) is 0 Å².